The lowest BCUT2D eigenvalue weighted by molar-refractivity contribution is 0.0472. The smallest absolute Gasteiger partial charge is 0.0699 e. The van der Waals surface area contributed by atoms with Gasteiger partial charge in [-0.05, 0) is 25.7 Å². The van der Waals surface area contributed by atoms with Gasteiger partial charge in [0.15, 0.2) is 0 Å². The Morgan fingerprint density at radius 1 is 1.31 bits per heavy atom. The minimum Gasteiger partial charge on any atom is -0.377 e. The van der Waals surface area contributed by atoms with Crippen LogP contribution in [0, 0.1) is 0 Å². The summed E-state index contributed by atoms with van der Waals surface area (Å²) in [5.41, 5.74) is 0. The van der Waals surface area contributed by atoms with Crippen LogP contribution in [-0.2, 0) is 4.74 Å². The molecule has 2 nitrogen and oxygen atoms in total. The van der Waals surface area contributed by atoms with E-state index < -0.39 is 0 Å². The molecule has 0 heterocycles. The van der Waals surface area contributed by atoms with E-state index >= 15 is 0 Å². The van der Waals surface area contributed by atoms with Crippen LogP contribution < -0.4 is 5.32 Å². The quantitative estimate of drug-likeness (QED) is 0.626. The Hall–Kier alpha value is -0.0800. The van der Waals surface area contributed by atoms with Gasteiger partial charge < -0.3 is 10.1 Å². The maximum absolute atomic E-state index is 5.75. The van der Waals surface area contributed by atoms with Crippen molar-refractivity contribution in [2.75, 3.05) is 13.2 Å². The SMILES string of the molecule is CCCOC(CCC)CNC1CC1. The lowest BCUT2D eigenvalue weighted by Gasteiger charge is -2.17. The van der Waals surface area contributed by atoms with E-state index in [1.807, 2.05) is 0 Å². The molecule has 0 amide bonds. The summed E-state index contributed by atoms with van der Waals surface area (Å²) in [5.74, 6) is 0. The molecule has 1 fully saturated rings. The maximum atomic E-state index is 5.75. The molecule has 1 aliphatic carbocycles. The number of ether oxygens (including phenoxy) is 1. The number of rotatable bonds is 8. The predicted molar refractivity (Wildman–Crippen MR) is 56.0 cm³/mol. The highest BCUT2D eigenvalue weighted by atomic mass is 16.5. The molecule has 0 spiro atoms. The number of hydrogen-bond donors (Lipinski definition) is 1. The van der Waals surface area contributed by atoms with Gasteiger partial charge in [-0.2, -0.15) is 0 Å². The van der Waals surface area contributed by atoms with Crippen molar-refractivity contribution in [3.63, 3.8) is 0 Å². The summed E-state index contributed by atoms with van der Waals surface area (Å²) in [6, 6.07) is 0.810. The topological polar surface area (TPSA) is 21.3 Å². The fraction of sp³-hybridized carbons (Fsp3) is 1.00. The fourth-order valence-electron chi connectivity index (χ4n) is 1.44. The van der Waals surface area contributed by atoms with Gasteiger partial charge in [-0.3, -0.25) is 0 Å². The first-order chi connectivity index (χ1) is 6.36. The minimum atomic E-state index is 0.450. The lowest BCUT2D eigenvalue weighted by atomic mass is 10.2. The molecule has 0 aromatic heterocycles. The van der Waals surface area contributed by atoms with Crippen LogP contribution in [0.3, 0.4) is 0 Å². The average molecular weight is 185 g/mol. The molecule has 0 aromatic carbocycles. The summed E-state index contributed by atoms with van der Waals surface area (Å²) < 4.78 is 5.75. The van der Waals surface area contributed by atoms with Crippen LogP contribution in [0.2, 0.25) is 0 Å². The summed E-state index contributed by atoms with van der Waals surface area (Å²) in [7, 11) is 0. The third kappa shape index (κ3) is 5.27. The second-order valence-corrected chi connectivity index (χ2v) is 3.96. The molecular formula is C11H23NO. The Labute approximate surface area is 82.0 Å². The van der Waals surface area contributed by atoms with Gasteiger partial charge >= 0.3 is 0 Å². The number of hydrogen-bond acceptors (Lipinski definition) is 2. The highest BCUT2D eigenvalue weighted by Crippen LogP contribution is 2.18. The largest absolute Gasteiger partial charge is 0.377 e. The Morgan fingerprint density at radius 2 is 2.08 bits per heavy atom. The standard InChI is InChI=1S/C11H23NO/c1-3-5-11(13-8-4-2)9-12-10-6-7-10/h10-12H,3-9H2,1-2H3. The average Bonchev–Trinajstić information content (AvgIpc) is 2.93. The molecule has 1 aliphatic rings. The molecule has 1 N–H and O–H groups in total. The molecule has 0 radical (unpaired) electrons. The summed E-state index contributed by atoms with van der Waals surface area (Å²) in [4.78, 5) is 0. The summed E-state index contributed by atoms with van der Waals surface area (Å²) >= 11 is 0. The van der Waals surface area contributed by atoms with Crippen molar-refractivity contribution in [1.29, 1.82) is 0 Å². The van der Waals surface area contributed by atoms with E-state index in [0.29, 0.717) is 6.10 Å². The van der Waals surface area contributed by atoms with Crippen LogP contribution in [0.5, 0.6) is 0 Å². The third-order valence-electron chi connectivity index (χ3n) is 2.38. The van der Waals surface area contributed by atoms with Gasteiger partial charge in [0.05, 0.1) is 6.10 Å². The Bertz CT molecular complexity index is 123. The van der Waals surface area contributed by atoms with Gasteiger partial charge in [0, 0.05) is 19.2 Å². The Morgan fingerprint density at radius 3 is 2.62 bits per heavy atom. The number of nitrogens with one attached hydrogen (secondary N) is 1. The van der Waals surface area contributed by atoms with Gasteiger partial charge in [-0.15, -0.1) is 0 Å². The van der Waals surface area contributed by atoms with E-state index in [0.717, 1.165) is 25.6 Å². The molecule has 0 aliphatic heterocycles. The molecule has 1 saturated carbocycles. The Balaban J connectivity index is 2.03. The van der Waals surface area contributed by atoms with E-state index in [2.05, 4.69) is 19.2 Å². The third-order valence-corrected chi connectivity index (χ3v) is 2.38. The van der Waals surface area contributed by atoms with E-state index in [1.54, 1.807) is 0 Å². The molecular weight excluding hydrogens is 162 g/mol. The second kappa shape index (κ2) is 6.39. The molecule has 78 valence electrons. The van der Waals surface area contributed by atoms with Crippen LogP contribution in [0.4, 0.5) is 0 Å². The van der Waals surface area contributed by atoms with Gasteiger partial charge in [0.25, 0.3) is 0 Å². The maximum Gasteiger partial charge on any atom is 0.0699 e. The zero-order valence-corrected chi connectivity index (χ0v) is 9.01. The van der Waals surface area contributed by atoms with E-state index in [1.165, 1.54) is 25.7 Å². The van der Waals surface area contributed by atoms with Crippen molar-refractivity contribution in [3.8, 4) is 0 Å². The first-order valence-electron chi connectivity index (χ1n) is 5.71. The van der Waals surface area contributed by atoms with Crippen molar-refractivity contribution in [3.05, 3.63) is 0 Å². The Kier molecular flexibility index (Phi) is 5.40. The molecule has 1 atom stereocenters. The van der Waals surface area contributed by atoms with E-state index in [4.69, 9.17) is 4.74 Å². The van der Waals surface area contributed by atoms with Gasteiger partial charge in [0.1, 0.15) is 0 Å². The normalized spacial score (nSPS) is 18.9. The first-order valence-corrected chi connectivity index (χ1v) is 5.71. The van der Waals surface area contributed by atoms with Crippen molar-refractivity contribution < 1.29 is 4.74 Å². The van der Waals surface area contributed by atoms with Crippen molar-refractivity contribution in [2.24, 2.45) is 0 Å². The summed E-state index contributed by atoms with van der Waals surface area (Å²) in [6.07, 6.45) is 6.73. The zero-order chi connectivity index (χ0) is 9.52. The molecule has 1 unspecified atom stereocenters. The first kappa shape index (κ1) is 11.0. The van der Waals surface area contributed by atoms with Crippen LogP contribution in [0.1, 0.15) is 46.0 Å². The van der Waals surface area contributed by atoms with Crippen LogP contribution in [0.15, 0.2) is 0 Å². The predicted octanol–water partition coefficient (Wildman–Crippen LogP) is 2.33. The highest BCUT2D eigenvalue weighted by Gasteiger charge is 2.21. The molecule has 13 heavy (non-hydrogen) atoms. The molecule has 2 heteroatoms. The van der Waals surface area contributed by atoms with Crippen LogP contribution in [-0.4, -0.2) is 25.3 Å². The summed E-state index contributed by atoms with van der Waals surface area (Å²) in [6.45, 7) is 6.35. The molecule has 0 aromatic rings. The van der Waals surface area contributed by atoms with Gasteiger partial charge in [-0.25, -0.2) is 0 Å². The zero-order valence-electron chi connectivity index (χ0n) is 9.01. The second-order valence-electron chi connectivity index (χ2n) is 3.96. The van der Waals surface area contributed by atoms with E-state index in [9.17, 15) is 0 Å². The van der Waals surface area contributed by atoms with E-state index in [-0.39, 0.29) is 0 Å². The van der Waals surface area contributed by atoms with Crippen LogP contribution >= 0.6 is 0 Å². The van der Waals surface area contributed by atoms with Crippen molar-refractivity contribution in [1.82, 2.24) is 5.32 Å². The van der Waals surface area contributed by atoms with Gasteiger partial charge in [0.2, 0.25) is 0 Å². The summed E-state index contributed by atoms with van der Waals surface area (Å²) in [5, 5.41) is 3.53. The van der Waals surface area contributed by atoms with Gasteiger partial charge in [-0.1, -0.05) is 20.3 Å². The molecule has 1 rings (SSSR count). The molecule has 0 bridgehead atoms. The highest BCUT2D eigenvalue weighted by molar-refractivity contribution is 4.81. The fourth-order valence-corrected chi connectivity index (χ4v) is 1.44. The lowest BCUT2D eigenvalue weighted by Crippen LogP contribution is -2.30. The monoisotopic (exact) mass is 185 g/mol. The van der Waals surface area contributed by atoms with Crippen LogP contribution in [0.25, 0.3) is 0 Å². The van der Waals surface area contributed by atoms with Crippen molar-refractivity contribution >= 4 is 0 Å². The minimum absolute atomic E-state index is 0.450. The molecule has 0 saturated heterocycles. The van der Waals surface area contributed by atoms with Crippen molar-refractivity contribution in [2.45, 2.75) is 58.1 Å².